The molecule has 1 nitrogen and oxygen atoms in total. The number of hydrogen-bond acceptors (Lipinski definition) is 1. The summed E-state index contributed by atoms with van der Waals surface area (Å²) in [6, 6.07) is 3.41. The normalized spacial score (nSPS) is 14.0. The predicted octanol–water partition coefficient (Wildman–Crippen LogP) is 3.39. The average Bonchev–Trinajstić information content (AvgIpc) is 2.06. The molecule has 0 saturated heterocycles. The molecule has 0 aliphatic carbocycles. The lowest BCUT2D eigenvalue weighted by Crippen LogP contribution is -2.09. The monoisotopic (exact) mass is 282 g/mol. The molecule has 1 rings (SSSR count). The standard InChI is InChI=1S/C10H10BrF3O/c1-6(15)4-7-5-8(10(12,13)14)2-3-9(7)11/h2-3,5-6,15H,4H2,1H3/t6-/m0/s1. The molecule has 1 atom stereocenters. The Bertz CT molecular complexity index is 347. The van der Waals surface area contributed by atoms with Crippen LogP contribution in [-0.2, 0) is 12.6 Å². The summed E-state index contributed by atoms with van der Waals surface area (Å²) in [5, 5.41) is 9.12. The van der Waals surface area contributed by atoms with Gasteiger partial charge in [0.2, 0.25) is 0 Å². The molecule has 0 aromatic heterocycles. The summed E-state index contributed by atoms with van der Waals surface area (Å²) in [5.41, 5.74) is -0.235. The topological polar surface area (TPSA) is 20.2 Å². The van der Waals surface area contributed by atoms with Crippen LogP contribution in [0.3, 0.4) is 0 Å². The minimum Gasteiger partial charge on any atom is -0.393 e. The van der Waals surface area contributed by atoms with Crippen LogP contribution in [0.15, 0.2) is 22.7 Å². The highest BCUT2D eigenvalue weighted by Gasteiger charge is 2.30. The molecule has 0 radical (unpaired) electrons. The lowest BCUT2D eigenvalue weighted by Gasteiger charge is -2.11. The second-order valence-electron chi connectivity index (χ2n) is 3.36. The SMILES string of the molecule is C[C@H](O)Cc1cc(C(F)(F)F)ccc1Br. The van der Waals surface area contributed by atoms with Crippen molar-refractivity contribution in [3.05, 3.63) is 33.8 Å². The molecule has 84 valence electrons. The first-order valence-corrected chi connectivity index (χ1v) is 5.13. The van der Waals surface area contributed by atoms with Crippen molar-refractivity contribution < 1.29 is 18.3 Å². The second kappa shape index (κ2) is 4.53. The van der Waals surface area contributed by atoms with Gasteiger partial charge in [-0.05, 0) is 37.1 Å². The molecule has 0 aliphatic heterocycles. The molecule has 0 unspecified atom stereocenters. The van der Waals surface area contributed by atoms with Gasteiger partial charge in [-0.25, -0.2) is 0 Å². The molecule has 0 heterocycles. The van der Waals surface area contributed by atoms with Crippen LogP contribution in [0.2, 0.25) is 0 Å². The third-order valence-electron chi connectivity index (χ3n) is 1.89. The van der Waals surface area contributed by atoms with Crippen molar-refractivity contribution in [3.63, 3.8) is 0 Å². The van der Waals surface area contributed by atoms with E-state index in [1.165, 1.54) is 13.0 Å². The molecule has 0 amide bonds. The lowest BCUT2D eigenvalue weighted by atomic mass is 10.1. The Morgan fingerprint density at radius 1 is 1.40 bits per heavy atom. The van der Waals surface area contributed by atoms with Crippen molar-refractivity contribution in [1.82, 2.24) is 0 Å². The van der Waals surface area contributed by atoms with Crippen LogP contribution in [0.5, 0.6) is 0 Å². The summed E-state index contributed by atoms with van der Waals surface area (Å²) >= 11 is 3.15. The highest BCUT2D eigenvalue weighted by molar-refractivity contribution is 9.10. The van der Waals surface area contributed by atoms with Crippen LogP contribution < -0.4 is 0 Å². The fourth-order valence-electron chi connectivity index (χ4n) is 1.23. The third kappa shape index (κ3) is 3.50. The minimum atomic E-state index is -4.34. The second-order valence-corrected chi connectivity index (χ2v) is 4.21. The third-order valence-corrected chi connectivity index (χ3v) is 2.66. The number of alkyl halides is 3. The zero-order chi connectivity index (χ0) is 11.6. The molecule has 0 aliphatic rings. The Kier molecular flexibility index (Phi) is 3.78. The van der Waals surface area contributed by atoms with E-state index in [-0.39, 0.29) is 6.42 Å². The van der Waals surface area contributed by atoms with E-state index in [0.29, 0.717) is 10.0 Å². The first-order chi connectivity index (χ1) is 6.80. The van der Waals surface area contributed by atoms with Gasteiger partial charge in [0, 0.05) is 4.47 Å². The van der Waals surface area contributed by atoms with Crippen molar-refractivity contribution in [3.8, 4) is 0 Å². The summed E-state index contributed by atoms with van der Waals surface area (Å²) in [5.74, 6) is 0. The summed E-state index contributed by atoms with van der Waals surface area (Å²) in [7, 11) is 0. The van der Waals surface area contributed by atoms with Gasteiger partial charge in [0.25, 0.3) is 0 Å². The lowest BCUT2D eigenvalue weighted by molar-refractivity contribution is -0.137. The Morgan fingerprint density at radius 3 is 2.47 bits per heavy atom. The van der Waals surface area contributed by atoms with Gasteiger partial charge in [-0.2, -0.15) is 13.2 Å². The highest BCUT2D eigenvalue weighted by atomic mass is 79.9. The number of rotatable bonds is 2. The number of aliphatic hydroxyl groups excluding tert-OH is 1. The maximum absolute atomic E-state index is 12.4. The number of halogens is 4. The van der Waals surface area contributed by atoms with Crippen LogP contribution in [-0.4, -0.2) is 11.2 Å². The molecule has 0 bridgehead atoms. The minimum absolute atomic E-state index is 0.199. The van der Waals surface area contributed by atoms with E-state index in [1.807, 2.05) is 0 Å². The van der Waals surface area contributed by atoms with Crippen LogP contribution in [0.1, 0.15) is 18.1 Å². The first-order valence-electron chi connectivity index (χ1n) is 4.34. The smallest absolute Gasteiger partial charge is 0.393 e. The zero-order valence-electron chi connectivity index (χ0n) is 7.98. The molecule has 0 fully saturated rings. The summed E-state index contributed by atoms with van der Waals surface area (Å²) in [4.78, 5) is 0. The van der Waals surface area contributed by atoms with Crippen molar-refractivity contribution >= 4 is 15.9 Å². The van der Waals surface area contributed by atoms with Gasteiger partial charge >= 0.3 is 6.18 Å². The van der Waals surface area contributed by atoms with E-state index in [0.717, 1.165) is 12.1 Å². The van der Waals surface area contributed by atoms with Gasteiger partial charge in [-0.3, -0.25) is 0 Å². The Labute approximate surface area is 94.0 Å². The fourth-order valence-corrected chi connectivity index (χ4v) is 1.63. The van der Waals surface area contributed by atoms with Crippen LogP contribution in [0.25, 0.3) is 0 Å². The molecular formula is C10H10BrF3O. The van der Waals surface area contributed by atoms with Crippen LogP contribution in [0, 0.1) is 0 Å². The van der Waals surface area contributed by atoms with Crippen LogP contribution >= 0.6 is 15.9 Å². The largest absolute Gasteiger partial charge is 0.416 e. The first kappa shape index (κ1) is 12.5. The van der Waals surface area contributed by atoms with Gasteiger partial charge in [0.15, 0.2) is 0 Å². The Hall–Kier alpha value is -0.550. The van der Waals surface area contributed by atoms with Gasteiger partial charge in [0.1, 0.15) is 0 Å². The molecule has 1 aromatic carbocycles. The van der Waals surface area contributed by atoms with Gasteiger partial charge in [-0.15, -0.1) is 0 Å². The van der Waals surface area contributed by atoms with Crippen molar-refractivity contribution in [1.29, 1.82) is 0 Å². The predicted molar refractivity (Wildman–Crippen MR) is 54.5 cm³/mol. The number of aliphatic hydroxyl groups is 1. The molecule has 1 aromatic rings. The van der Waals surface area contributed by atoms with E-state index < -0.39 is 17.8 Å². The fraction of sp³-hybridized carbons (Fsp3) is 0.400. The maximum Gasteiger partial charge on any atom is 0.416 e. The van der Waals surface area contributed by atoms with E-state index in [2.05, 4.69) is 15.9 Å². The number of benzene rings is 1. The van der Waals surface area contributed by atoms with E-state index in [4.69, 9.17) is 5.11 Å². The molecule has 15 heavy (non-hydrogen) atoms. The quantitative estimate of drug-likeness (QED) is 0.882. The number of hydrogen-bond donors (Lipinski definition) is 1. The van der Waals surface area contributed by atoms with Gasteiger partial charge in [-0.1, -0.05) is 15.9 Å². The Balaban J connectivity index is 3.06. The van der Waals surface area contributed by atoms with Crippen LogP contribution in [0.4, 0.5) is 13.2 Å². The van der Waals surface area contributed by atoms with Gasteiger partial charge < -0.3 is 5.11 Å². The molecule has 0 saturated carbocycles. The summed E-state index contributed by atoms with van der Waals surface area (Å²) in [6.07, 6.45) is -4.80. The molecular weight excluding hydrogens is 273 g/mol. The molecule has 5 heteroatoms. The van der Waals surface area contributed by atoms with Crippen molar-refractivity contribution in [2.24, 2.45) is 0 Å². The Morgan fingerprint density at radius 2 is 2.00 bits per heavy atom. The van der Waals surface area contributed by atoms with E-state index in [1.54, 1.807) is 0 Å². The molecule has 1 N–H and O–H groups in total. The van der Waals surface area contributed by atoms with E-state index in [9.17, 15) is 13.2 Å². The van der Waals surface area contributed by atoms with E-state index >= 15 is 0 Å². The maximum atomic E-state index is 12.4. The van der Waals surface area contributed by atoms with Gasteiger partial charge in [0.05, 0.1) is 11.7 Å². The average molecular weight is 283 g/mol. The molecule has 0 spiro atoms. The summed E-state index contributed by atoms with van der Waals surface area (Å²) < 4.78 is 37.7. The highest BCUT2D eigenvalue weighted by Crippen LogP contribution is 2.32. The van der Waals surface area contributed by atoms with Crippen molar-refractivity contribution in [2.45, 2.75) is 25.6 Å². The summed E-state index contributed by atoms with van der Waals surface area (Å²) in [6.45, 7) is 1.53. The zero-order valence-corrected chi connectivity index (χ0v) is 9.56. The van der Waals surface area contributed by atoms with Crippen molar-refractivity contribution in [2.75, 3.05) is 0 Å².